The van der Waals surface area contributed by atoms with Crippen molar-refractivity contribution in [3.63, 3.8) is 0 Å². The fourth-order valence-electron chi connectivity index (χ4n) is 2.63. The molecule has 1 heterocycles. The molecule has 1 amide bonds. The lowest BCUT2D eigenvalue weighted by atomic mass is 10.2. The van der Waals surface area contributed by atoms with Gasteiger partial charge in [0.05, 0.1) is 17.2 Å². The molecular weight excluding hydrogens is 425 g/mol. The van der Waals surface area contributed by atoms with Gasteiger partial charge >= 0.3 is 0 Å². The fraction of sp³-hybridized carbons (Fsp3) is 0.150. The minimum absolute atomic E-state index is 0.151. The molecule has 0 aliphatic rings. The zero-order valence-corrected chi connectivity index (χ0v) is 18.3. The summed E-state index contributed by atoms with van der Waals surface area (Å²) >= 11 is 6.30. The van der Waals surface area contributed by atoms with Crippen LogP contribution in [0.5, 0.6) is 0 Å². The molecule has 0 radical (unpaired) electrons. The number of amides is 1. The van der Waals surface area contributed by atoms with E-state index in [9.17, 15) is 4.79 Å². The largest absolute Gasteiger partial charge is 0.355 e. The first-order chi connectivity index (χ1) is 14.5. The fourth-order valence-corrected chi connectivity index (χ4v) is 3.85. The van der Waals surface area contributed by atoms with E-state index >= 15 is 0 Å². The van der Waals surface area contributed by atoms with E-state index in [4.69, 9.17) is 20.6 Å². The van der Waals surface area contributed by atoms with E-state index in [-0.39, 0.29) is 5.91 Å². The normalized spacial score (nSPS) is 10.7. The summed E-state index contributed by atoms with van der Waals surface area (Å²) in [6, 6.07) is 14.6. The molecule has 3 N–H and O–H groups in total. The second-order valence-corrected chi connectivity index (χ2v) is 8.07. The van der Waals surface area contributed by atoms with Crippen LogP contribution in [-0.4, -0.2) is 37.1 Å². The Bertz CT molecular complexity index is 1020. The summed E-state index contributed by atoms with van der Waals surface area (Å²) < 4.78 is 10.9. The molecule has 156 valence electrons. The molecule has 0 fully saturated rings. The minimum Gasteiger partial charge on any atom is -0.355 e. The van der Waals surface area contributed by atoms with E-state index in [1.807, 2.05) is 24.3 Å². The molecule has 3 aromatic rings. The Kier molecular flexibility index (Phi) is 7.54. The van der Waals surface area contributed by atoms with Gasteiger partial charge in [-0.2, -0.15) is 4.98 Å². The number of rotatable bonds is 8. The summed E-state index contributed by atoms with van der Waals surface area (Å²) in [5.41, 5.74) is 2.07. The van der Waals surface area contributed by atoms with Crippen molar-refractivity contribution in [1.29, 1.82) is 0 Å². The molecule has 1 aromatic heterocycles. The maximum Gasteiger partial charge on any atom is 0.251 e. The number of carbonyl (C=O) groups is 1. The highest BCUT2D eigenvalue weighted by Gasteiger charge is 2.16. The van der Waals surface area contributed by atoms with Crippen molar-refractivity contribution in [2.45, 2.75) is 0 Å². The van der Waals surface area contributed by atoms with Crippen LogP contribution in [0.4, 0.5) is 23.1 Å². The van der Waals surface area contributed by atoms with Crippen molar-refractivity contribution >= 4 is 54.3 Å². The molecule has 3 rings (SSSR count). The quantitative estimate of drug-likeness (QED) is 0.447. The Hall–Kier alpha value is -2.77. The summed E-state index contributed by atoms with van der Waals surface area (Å²) in [6.07, 6.45) is 1.51. The molecular formula is C20H21ClN5O3P. The lowest BCUT2D eigenvalue weighted by Gasteiger charge is -2.17. The molecule has 0 saturated heterocycles. The van der Waals surface area contributed by atoms with Gasteiger partial charge in [0.15, 0.2) is 5.82 Å². The number of nitrogens with zero attached hydrogens (tertiary/aromatic N) is 2. The van der Waals surface area contributed by atoms with Crippen LogP contribution >= 0.6 is 20.0 Å². The molecule has 0 atom stereocenters. The van der Waals surface area contributed by atoms with Crippen LogP contribution < -0.4 is 21.3 Å². The van der Waals surface area contributed by atoms with Gasteiger partial charge in [-0.1, -0.05) is 23.7 Å². The van der Waals surface area contributed by atoms with E-state index in [0.29, 0.717) is 22.4 Å². The smallest absolute Gasteiger partial charge is 0.251 e. The summed E-state index contributed by atoms with van der Waals surface area (Å²) in [5.74, 6) is 0.639. The van der Waals surface area contributed by atoms with E-state index < -0.39 is 8.38 Å². The number of anilines is 4. The number of benzene rings is 2. The molecule has 0 saturated carbocycles. The summed E-state index contributed by atoms with van der Waals surface area (Å²) in [4.78, 5) is 20.4. The van der Waals surface area contributed by atoms with Gasteiger partial charge < -0.3 is 25.0 Å². The van der Waals surface area contributed by atoms with Gasteiger partial charge in [-0.05, 0) is 36.4 Å². The minimum atomic E-state index is -1.23. The van der Waals surface area contributed by atoms with Gasteiger partial charge in [0.25, 0.3) is 5.91 Å². The van der Waals surface area contributed by atoms with Crippen LogP contribution in [0.1, 0.15) is 10.4 Å². The first-order valence-electron chi connectivity index (χ1n) is 8.91. The van der Waals surface area contributed by atoms with Gasteiger partial charge in [-0.15, -0.1) is 0 Å². The Balaban J connectivity index is 1.82. The Morgan fingerprint density at radius 1 is 1.03 bits per heavy atom. The first-order valence-corrected chi connectivity index (χ1v) is 10.5. The van der Waals surface area contributed by atoms with Crippen LogP contribution in [0.3, 0.4) is 0 Å². The van der Waals surface area contributed by atoms with Crippen molar-refractivity contribution in [2.75, 3.05) is 31.9 Å². The van der Waals surface area contributed by atoms with Crippen LogP contribution in [-0.2, 0) is 9.05 Å². The third kappa shape index (κ3) is 5.23. The Morgan fingerprint density at radius 2 is 1.73 bits per heavy atom. The Morgan fingerprint density at radius 3 is 2.40 bits per heavy atom. The number of carbonyl (C=O) groups excluding carboxylic acids is 1. The maximum absolute atomic E-state index is 11.7. The van der Waals surface area contributed by atoms with Crippen molar-refractivity contribution in [2.24, 2.45) is 0 Å². The van der Waals surface area contributed by atoms with E-state index in [1.54, 1.807) is 45.5 Å². The maximum atomic E-state index is 11.7. The number of hydrogen-bond donors (Lipinski definition) is 3. The standard InChI is InChI=1S/C20H21ClN5O3P/c1-22-19(27)13-8-10-14(11-9-13)24-20-23-12-15(21)18(26-20)25-16-6-4-5-7-17(16)30(28-2)29-3/h4-12H,1-3H3,(H,22,27)(H2,23,24,25,26). The average Bonchev–Trinajstić information content (AvgIpc) is 2.78. The van der Waals surface area contributed by atoms with E-state index in [1.165, 1.54) is 6.20 Å². The zero-order valence-electron chi connectivity index (χ0n) is 16.6. The summed E-state index contributed by atoms with van der Waals surface area (Å²) in [6.45, 7) is 0. The molecule has 8 nitrogen and oxygen atoms in total. The van der Waals surface area contributed by atoms with Crippen LogP contribution in [0.25, 0.3) is 0 Å². The summed E-state index contributed by atoms with van der Waals surface area (Å²) in [5, 5.41) is 10.1. The van der Waals surface area contributed by atoms with Gasteiger partial charge in [0, 0.05) is 32.5 Å². The second-order valence-electron chi connectivity index (χ2n) is 5.94. The van der Waals surface area contributed by atoms with Crippen molar-refractivity contribution in [1.82, 2.24) is 15.3 Å². The predicted octanol–water partition coefficient (Wildman–Crippen LogP) is 4.21. The van der Waals surface area contributed by atoms with Crippen molar-refractivity contribution < 1.29 is 13.8 Å². The number of nitrogens with one attached hydrogen (secondary N) is 3. The lowest BCUT2D eigenvalue weighted by molar-refractivity contribution is 0.0963. The van der Waals surface area contributed by atoms with Crippen LogP contribution in [0.2, 0.25) is 5.02 Å². The third-order valence-corrected chi connectivity index (χ3v) is 5.78. The topological polar surface area (TPSA) is 97.4 Å². The number of para-hydroxylation sites is 1. The summed E-state index contributed by atoms with van der Waals surface area (Å²) in [7, 11) is 3.55. The SMILES string of the molecule is CNC(=O)c1ccc(Nc2ncc(Cl)c(Nc3ccccc3P(OC)OC)n2)cc1. The highest BCUT2D eigenvalue weighted by Crippen LogP contribution is 2.38. The van der Waals surface area contributed by atoms with Gasteiger partial charge in [0.2, 0.25) is 14.3 Å². The molecule has 0 spiro atoms. The van der Waals surface area contributed by atoms with Gasteiger partial charge in [-0.3, -0.25) is 4.79 Å². The van der Waals surface area contributed by atoms with Crippen LogP contribution in [0.15, 0.2) is 54.7 Å². The van der Waals surface area contributed by atoms with E-state index in [0.717, 1.165) is 16.7 Å². The molecule has 0 aliphatic carbocycles. The van der Waals surface area contributed by atoms with E-state index in [2.05, 4.69) is 25.9 Å². The molecule has 0 unspecified atom stereocenters. The average molecular weight is 446 g/mol. The predicted molar refractivity (Wildman–Crippen MR) is 120 cm³/mol. The monoisotopic (exact) mass is 445 g/mol. The van der Waals surface area contributed by atoms with Crippen LogP contribution in [0, 0.1) is 0 Å². The molecule has 10 heteroatoms. The first kappa shape index (κ1) is 21.9. The number of halogens is 1. The Labute approximate surface area is 180 Å². The van der Waals surface area contributed by atoms with Gasteiger partial charge in [-0.25, -0.2) is 4.98 Å². The molecule has 0 aliphatic heterocycles. The van der Waals surface area contributed by atoms with Crippen molar-refractivity contribution in [3.05, 3.63) is 65.3 Å². The molecule has 0 bridgehead atoms. The second kappa shape index (κ2) is 10.3. The molecule has 30 heavy (non-hydrogen) atoms. The lowest BCUT2D eigenvalue weighted by Crippen LogP contribution is -2.17. The number of hydrogen-bond acceptors (Lipinski definition) is 7. The zero-order chi connectivity index (χ0) is 21.5. The number of aromatic nitrogens is 2. The third-order valence-electron chi connectivity index (χ3n) is 4.06. The highest BCUT2D eigenvalue weighted by molar-refractivity contribution is 7.56. The molecule has 2 aromatic carbocycles. The van der Waals surface area contributed by atoms with Crippen molar-refractivity contribution in [3.8, 4) is 0 Å². The highest BCUT2D eigenvalue weighted by atomic mass is 35.5. The van der Waals surface area contributed by atoms with Gasteiger partial charge in [0.1, 0.15) is 5.02 Å².